The standard InChI is InChI=1S/C13H10F3NO/c14-13(15,16)11-5-1-3-9(7-11)12(18)10-4-2-6-17-8-10/h1-8,12,18H/t12-/m0/s1. The zero-order valence-electron chi connectivity index (χ0n) is 9.22. The Morgan fingerprint density at radius 3 is 2.39 bits per heavy atom. The van der Waals surface area contributed by atoms with Crippen molar-refractivity contribution in [3.8, 4) is 0 Å². The summed E-state index contributed by atoms with van der Waals surface area (Å²) >= 11 is 0. The summed E-state index contributed by atoms with van der Waals surface area (Å²) in [5.41, 5.74) is -0.127. The Bertz CT molecular complexity index is 525. The van der Waals surface area contributed by atoms with Gasteiger partial charge in [-0.25, -0.2) is 0 Å². The van der Waals surface area contributed by atoms with Crippen LogP contribution < -0.4 is 0 Å². The molecule has 0 aliphatic heterocycles. The average Bonchev–Trinajstić information content (AvgIpc) is 2.38. The molecular weight excluding hydrogens is 243 g/mol. The largest absolute Gasteiger partial charge is 0.416 e. The van der Waals surface area contributed by atoms with Gasteiger partial charge >= 0.3 is 6.18 Å². The molecule has 0 fully saturated rings. The van der Waals surface area contributed by atoms with Crippen LogP contribution in [0.1, 0.15) is 22.8 Å². The molecule has 1 heterocycles. The van der Waals surface area contributed by atoms with E-state index in [-0.39, 0.29) is 5.56 Å². The zero-order chi connectivity index (χ0) is 13.2. The first-order chi connectivity index (χ1) is 8.48. The van der Waals surface area contributed by atoms with Gasteiger partial charge in [-0.05, 0) is 23.8 Å². The minimum absolute atomic E-state index is 0.192. The maximum atomic E-state index is 12.5. The molecule has 0 amide bonds. The highest BCUT2D eigenvalue weighted by atomic mass is 19.4. The second-order valence-corrected chi connectivity index (χ2v) is 3.81. The fraction of sp³-hybridized carbons (Fsp3) is 0.154. The average molecular weight is 253 g/mol. The molecular formula is C13H10F3NO. The number of aromatic nitrogens is 1. The first-order valence-corrected chi connectivity index (χ1v) is 5.23. The molecule has 2 rings (SSSR count). The number of hydrogen-bond acceptors (Lipinski definition) is 2. The Labute approximate surface area is 102 Å². The van der Waals surface area contributed by atoms with E-state index in [0.717, 1.165) is 12.1 Å². The Balaban J connectivity index is 2.35. The molecule has 0 aliphatic carbocycles. The van der Waals surface area contributed by atoms with E-state index in [1.54, 1.807) is 12.1 Å². The fourth-order valence-electron chi connectivity index (χ4n) is 1.62. The smallest absolute Gasteiger partial charge is 0.384 e. The third-order valence-corrected chi connectivity index (χ3v) is 2.53. The van der Waals surface area contributed by atoms with Crippen LogP contribution in [-0.2, 0) is 6.18 Å². The highest BCUT2D eigenvalue weighted by Crippen LogP contribution is 2.31. The highest BCUT2D eigenvalue weighted by Gasteiger charge is 2.30. The number of pyridine rings is 1. The third-order valence-electron chi connectivity index (χ3n) is 2.53. The molecule has 94 valence electrons. The molecule has 0 spiro atoms. The van der Waals surface area contributed by atoms with Crippen LogP contribution in [0.3, 0.4) is 0 Å². The van der Waals surface area contributed by atoms with E-state index >= 15 is 0 Å². The molecule has 0 bridgehead atoms. The minimum atomic E-state index is -4.41. The number of halogens is 3. The monoisotopic (exact) mass is 253 g/mol. The quantitative estimate of drug-likeness (QED) is 0.891. The van der Waals surface area contributed by atoms with Crippen molar-refractivity contribution < 1.29 is 18.3 Å². The predicted octanol–water partition coefficient (Wildman–Crippen LogP) is 3.18. The van der Waals surface area contributed by atoms with Crippen molar-refractivity contribution in [3.05, 3.63) is 65.5 Å². The van der Waals surface area contributed by atoms with Gasteiger partial charge in [-0.1, -0.05) is 18.2 Å². The Kier molecular flexibility index (Phi) is 3.34. The Morgan fingerprint density at radius 1 is 1.06 bits per heavy atom. The summed E-state index contributed by atoms with van der Waals surface area (Å²) in [6, 6.07) is 7.87. The van der Waals surface area contributed by atoms with Crippen molar-refractivity contribution in [3.63, 3.8) is 0 Å². The number of benzene rings is 1. The molecule has 1 N–H and O–H groups in total. The van der Waals surface area contributed by atoms with Crippen LogP contribution in [0.4, 0.5) is 13.2 Å². The van der Waals surface area contributed by atoms with Crippen LogP contribution in [0, 0.1) is 0 Å². The lowest BCUT2D eigenvalue weighted by Crippen LogP contribution is -2.07. The first-order valence-electron chi connectivity index (χ1n) is 5.23. The molecule has 1 atom stereocenters. The van der Waals surface area contributed by atoms with Crippen molar-refractivity contribution in [1.82, 2.24) is 4.98 Å². The van der Waals surface area contributed by atoms with E-state index in [2.05, 4.69) is 4.98 Å². The van der Waals surface area contributed by atoms with E-state index in [1.807, 2.05) is 0 Å². The van der Waals surface area contributed by atoms with Gasteiger partial charge in [0, 0.05) is 18.0 Å². The van der Waals surface area contributed by atoms with Crippen molar-refractivity contribution >= 4 is 0 Å². The molecule has 2 aromatic rings. The topological polar surface area (TPSA) is 33.1 Å². The van der Waals surface area contributed by atoms with E-state index in [9.17, 15) is 18.3 Å². The van der Waals surface area contributed by atoms with Gasteiger partial charge in [0.25, 0.3) is 0 Å². The molecule has 0 aliphatic rings. The van der Waals surface area contributed by atoms with Crippen molar-refractivity contribution in [2.45, 2.75) is 12.3 Å². The lowest BCUT2D eigenvalue weighted by atomic mass is 10.0. The molecule has 1 aromatic heterocycles. The van der Waals surface area contributed by atoms with Gasteiger partial charge in [-0.3, -0.25) is 4.98 Å². The maximum absolute atomic E-state index is 12.5. The number of aliphatic hydroxyl groups excluding tert-OH is 1. The lowest BCUT2D eigenvalue weighted by Gasteiger charge is -2.13. The predicted molar refractivity (Wildman–Crippen MR) is 59.7 cm³/mol. The summed E-state index contributed by atoms with van der Waals surface area (Å²) in [4.78, 5) is 3.82. The lowest BCUT2D eigenvalue weighted by molar-refractivity contribution is -0.137. The molecule has 18 heavy (non-hydrogen) atoms. The van der Waals surface area contributed by atoms with Crippen molar-refractivity contribution in [2.24, 2.45) is 0 Å². The summed E-state index contributed by atoms with van der Waals surface area (Å²) in [6.07, 6.45) is -2.57. The summed E-state index contributed by atoms with van der Waals surface area (Å²) in [5, 5.41) is 9.97. The SMILES string of the molecule is O[C@H](c1cccnc1)c1cccc(C(F)(F)F)c1. The van der Waals surface area contributed by atoms with Crippen LogP contribution in [-0.4, -0.2) is 10.1 Å². The molecule has 0 saturated heterocycles. The molecule has 0 saturated carbocycles. The van der Waals surface area contributed by atoms with Gasteiger partial charge in [0.1, 0.15) is 6.10 Å². The highest BCUT2D eigenvalue weighted by molar-refractivity contribution is 5.32. The van der Waals surface area contributed by atoms with E-state index in [4.69, 9.17) is 0 Å². The summed E-state index contributed by atoms with van der Waals surface area (Å²) in [5.74, 6) is 0. The minimum Gasteiger partial charge on any atom is -0.384 e. The second-order valence-electron chi connectivity index (χ2n) is 3.81. The number of alkyl halides is 3. The van der Waals surface area contributed by atoms with Crippen LogP contribution in [0.15, 0.2) is 48.8 Å². The molecule has 0 radical (unpaired) electrons. The van der Waals surface area contributed by atoms with Crippen molar-refractivity contribution in [1.29, 1.82) is 0 Å². The maximum Gasteiger partial charge on any atom is 0.416 e. The van der Waals surface area contributed by atoms with Gasteiger partial charge in [-0.2, -0.15) is 13.2 Å². The second kappa shape index (κ2) is 4.78. The summed E-state index contributed by atoms with van der Waals surface area (Å²) in [6.45, 7) is 0. The van der Waals surface area contributed by atoms with E-state index in [0.29, 0.717) is 5.56 Å². The summed E-state index contributed by atoms with van der Waals surface area (Å²) < 4.78 is 37.6. The number of rotatable bonds is 2. The number of nitrogens with zero attached hydrogens (tertiary/aromatic N) is 1. The van der Waals surface area contributed by atoms with Crippen LogP contribution in [0.2, 0.25) is 0 Å². The van der Waals surface area contributed by atoms with Crippen LogP contribution in [0.5, 0.6) is 0 Å². The fourth-order valence-corrected chi connectivity index (χ4v) is 1.62. The van der Waals surface area contributed by atoms with Crippen LogP contribution >= 0.6 is 0 Å². The van der Waals surface area contributed by atoms with Crippen LogP contribution in [0.25, 0.3) is 0 Å². The Hall–Kier alpha value is -1.88. The first kappa shape index (κ1) is 12.6. The van der Waals surface area contributed by atoms with Gasteiger partial charge in [0.15, 0.2) is 0 Å². The summed E-state index contributed by atoms with van der Waals surface area (Å²) in [7, 11) is 0. The van der Waals surface area contributed by atoms with Gasteiger partial charge in [0.05, 0.1) is 5.56 Å². The third kappa shape index (κ3) is 2.68. The van der Waals surface area contributed by atoms with Gasteiger partial charge in [0.2, 0.25) is 0 Å². The number of aliphatic hydroxyl groups is 1. The molecule has 1 aromatic carbocycles. The van der Waals surface area contributed by atoms with Crippen molar-refractivity contribution in [2.75, 3.05) is 0 Å². The Morgan fingerprint density at radius 2 is 1.78 bits per heavy atom. The van der Waals surface area contributed by atoms with Gasteiger partial charge < -0.3 is 5.11 Å². The van der Waals surface area contributed by atoms with E-state index in [1.165, 1.54) is 24.5 Å². The number of hydrogen-bond donors (Lipinski definition) is 1. The zero-order valence-corrected chi connectivity index (χ0v) is 9.22. The molecule has 0 unspecified atom stereocenters. The molecule has 2 nitrogen and oxygen atoms in total. The molecule has 5 heteroatoms. The van der Waals surface area contributed by atoms with Gasteiger partial charge in [-0.15, -0.1) is 0 Å². The normalized spacial score (nSPS) is 13.3. The van der Waals surface area contributed by atoms with E-state index < -0.39 is 17.8 Å².